The molecule has 0 aliphatic carbocycles. The molecular weight excluding hydrogens is 186 g/mol. The van der Waals surface area contributed by atoms with Crippen molar-refractivity contribution in [2.45, 2.75) is 32.7 Å². The molecule has 2 unspecified atom stereocenters. The van der Waals surface area contributed by atoms with Gasteiger partial charge >= 0.3 is 0 Å². The van der Waals surface area contributed by atoms with Crippen LogP contribution in [0.2, 0.25) is 0 Å². The fourth-order valence-electron chi connectivity index (χ4n) is 2.47. The normalized spacial score (nSPS) is 27.6. The summed E-state index contributed by atoms with van der Waals surface area (Å²) in [5.41, 5.74) is 5.60. The smallest absolute Gasteiger partial charge is 0.0194 e. The lowest BCUT2D eigenvalue weighted by Crippen LogP contribution is -2.40. The number of nitrogens with two attached hydrogens (primary N) is 1. The van der Waals surface area contributed by atoms with E-state index < -0.39 is 0 Å². The number of hydrogen-bond acceptors (Lipinski definition) is 3. The van der Waals surface area contributed by atoms with Gasteiger partial charge in [-0.05, 0) is 52.4 Å². The average molecular weight is 213 g/mol. The van der Waals surface area contributed by atoms with E-state index in [4.69, 9.17) is 5.73 Å². The Kier molecular flexibility index (Phi) is 5.58. The van der Waals surface area contributed by atoms with Crippen LogP contribution in [0.4, 0.5) is 0 Å². The molecule has 1 heterocycles. The molecule has 1 saturated heterocycles. The van der Waals surface area contributed by atoms with E-state index >= 15 is 0 Å². The largest absolute Gasteiger partial charge is 0.330 e. The van der Waals surface area contributed by atoms with Crippen molar-refractivity contribution in [2.24, 2.45) is 11.7 Å². The second kappa shape index (κ2) is 6.46. The minimum atomic E-state index is 0.692. The quantitative estimate of drug-likeness (QED) is 0.756. The van der Waals surface area contributed by atoms with Gasteiger partial charge in [0, 0.05) is 19.1 Å². The fourth-order valence-corrected chi connectivity index (χ4v) is 2.47. The molecule has 1 rings (SSSR count). The molecule has 0 bridgehead atoms. The van der Waals surface area contributed by atoms with Crippen LogP contribution in [-0.2, 0) is 0 Å². The minimum Gasteiger partial charge on any atom is -0.330 e. The summed E-state index contributed by atoms with van der Waals surface area (Å²) < 4.78 is 0. The van der Waals surface area contributed by atoms with Gasteiger partial charge in [0.25, 0.3) is 0 Å². The molecule has 1 aliphatic heterocycles. The van der Waals surface area contributed by atoms with Crippen LogP contribution in [0, 0.1) is 5.92 Å². The molecule has 15 heavy (non-hydrogen) atoms. The highest BCUT2D eigenvalue weighted by Gasteiger charge is 2.20. The highest BCUT2D eigenvalue weighted by atomic mass is 15.2. The number of likely N-dealkylation sites (N-methyl/N-ethyl adjacent to an activating group) is 1. The Labute approximate surface area is 94.6 Å². The Morgan fingerprint density at radius 1 is 1.40 bits per heavy atom. The Morgan fingerprint density at radius 3 is 2.80 bits per heavy atom. The van der Waals surface area contributed by atoms with E-state index in [1.54, 1.807) is 0 Å². The van der Waals surface area contributed by atoms with Gasteiger partial charge in [-0.2, -0.15) is 0 Å². The Bertz CT molecular complexity index is 172. The topological polar surface area (TPSA) is 32.5 Å². The van der Waals surface area contributed by atoms with Gasteiger partial charge in [-0.1, -0.05) is 6.92 Å². The summed E-state index contributed by atoms with van der Waals surface area (Å²) >= 11 is 0. The zero-order valence-corrected chi connectivity index (χ0v) is 10.6. The maximum atomic E-state index is 5.60. The van der Waals surface area contributed by atoms with Crippen molar-refractivity contribution in [3.8, 4) is 0 Å². The molecule has 1 fully saturated rings. The standard InChI is InChI=1S/C12H27N3/c1-11(5-6-13)9-15-8-4-7-14(3)10-12(15)2/h11-12H,4-10,13H2,1-3H3. The first-order valence-electron chi connectivity index (χ1n) is 6.26. The summed E-state index contributed by atoms with van der Waals surface area (Å²) in [5, 5.41) is 0. The van der Waals surface area contributed by atoms with Gasteiger partial charge in [-0.15, -0.1) is 0 Å². The van der Waals surface area contributed by atoms with Crippen molar-refractivity contribution in [1.29, 1.82) is 0 Å². The summed E-state index contributed by atoms with van der Waals surface area (Å²) in [4.78, 5) is 5.07. The van der Waals surface area contributed by atoms with Gasteiger partial charge in [0.15, 0.2) is 0 Å². The molecule has 3 nitrogen and oxygen atoms in total. The second-order valence-corrected chi connectivity index (χ2v) is 5.14. The second-order valence-electron chi connectivity index (χ2n) is 5.14. The molecule has 2 N–H and O–H groups in total. The number of rotatable bonds is 4. The zero-order chi connectivity index (χ0) is 11.3. The van der Waals surface area contributed by atoms with Crippen LogP contribution in [0.15, 0.2) is 0 Å². The van der Waals surface area contributed by atoms with Crippen LogP contribution in [0.3, 0.4) is 0 Å². The molecule has 0 aromatic carbocycles. The van der Waals surface area contributed by atoms with E-state index in [0.29, 0.717) is 6.04 Å². The summed E-state index contributed by atoms with van der Waals surface area (Å²) in [7, 11) is 2.23. The number of hydrogen-bond donors (Lipinski definition) is 1. The van der Waals surface area contributed by atoms with Crippen LogP contribution < -0.4 is 5.73 Å². The predicted molar refractivity (Wildman–Crippen MR) is 66.0 cm³/mol. The van der Waals surface area contributed by atoms with Crippen molar-refractivity contribution in [3.63, 3.8) is 0 Å². The third-order valence-corrected chi connectivity index (χ3v) is 3.39. The molecule has 0 aromatic heterocycles. The molecule has 0 amide bonds. The predicted octanol–water partition coefficient (Wildman–Crippen LogP) is 0.997. The average Bonchev–Trinajstić information content (AvgIpc) is 2.29. The van der Waals surface area contributed by atoms with Gasteiger partial charge in [0.1, 0.15) is 0 Å². The molecular formula is C12H27N3. The third kappa shape index (κ3) is 4.49. The van der Waals surface area contributed by atoms with E-state index in [2.05, 4.69) is 30.7 Å². The molecule has 0 saturated carbocycles. The van der Waals surface area contributed by atoms with Crippen LogP contribution in [0.25, 0.3) is 0 Å². The van der Waals surface area contributed by atoms with Crippen LogP contribution in [0.1, 0.15) is 26.7 Å². The lowest BCUT2D eigenvalue weighted by Gasteiger charge is -2.30. The first-order valence-corrected chi connectivity index (χ1v) is 6.26. The molecule has 1 aliphatic rings. The lowest BCUT2D eigenvalue weighted by atomic mass is 10.1. The van der Waals surface area contributed by atoms with Gasteiger partial charge in [-0.25, -0.2) is 0 Å². The van der Waals surface area contributed by atoms with Crippen molar-refractivity contribution in [1.82, 2.24) is 9.80 Å². The molecule has 2 atom stereocenters. The van der Waals surface area contributed by atoms with Gasteiger partial charge in [0.2, 0.25) is 0 Å². The SMILES string of the molecule is CC(CCN)CN1CCCN(C)CC1C. The summed E-state index contributed by atoms with van der Waals surface area (Å²) in [5.74, 6) is 0.737. The maximum Gasteiger partial charge on any atom is 0.0194 e. The van der Waals surface area contributed by atoms with E-state index in [0.717, 1.165) is 18.9 Å². The number of nitrogens with zero attached hydrogens (tertiary/aromatic N) is 2. The molecule has 90 valence electrons. The first-order chi connectivity index (χ1) is 7.13. The Hall–Kier alpha value is -0.120. The van der Waals surface area contributed by atoms with Crippen molar-refractivity contribution in [2.75, 3.05) is 39.8 Å². The van der Waals surface area contributed by atoms with E-state index in [1.807, 2.05) is 0 Å². The van der Waals surface area contributed by atoms with Crippen LogP contribution in [0.5, 0.6) is 0 Å². The van der Waals surface area contributed by atoms with Crippen molar-refractivity contribution in [3.05, 3.63) is 0 Å². The monoisotopic (exact) mass is 213 g/mol. The van der Waals surface area contributed by atoms with E-state index in [9.17, 15) is 0 Å². The van der Waals surface area contributed by atoms with Gasteiger partial charge < -0.3 is 10.6 Å². The third-order valence-electron chi connectivity index (χ3n) is 3.39. The van der Waals surface area contributed by atoms with Crippen LogP contribution in [-0.4, -0.2) is 55.6 Å². The van der Waals surface area contributed by atoms with Gasteiger partial charge in [0.05, 0.1) is 0 Å². The van der Waals surface area contributed by atoms with E-state index in [1.165, 1.54) is 32.6 Å². The van der Waals surface area contributed by atoms with Gasteiger partial charge in [-0.3, -0.25) is 4.90 Å². The summed E-state index contributed by atoms with van der Waals surface area (Å²) in [6.45, 7) is 10.4. The summed E-state index contributed by atoms with van der Waals surface area (Å²) in [6.07, 6.45) is 2.45. The first kappa shape index (κ1) is 12.9. The lowest BCUT2D eigenvalue weighted by molar-refractivity contribution is 0.176. The molecule has 0 radical (unpaired) electrons. The Morgan fingerprint density at radius 2 is 2.13 bits per heavy atom. The fraction of sp³-hybridized carbons (Fsp3) is 1.00. The molecule has 0 spiro atoms. The summed E-state index contributed by atoms with van der Waals surface area (Å²) in [6, 6.07) is 0.692. The molecule has 3 heteroatoms. The zero-order valence-electron chi connectivity index (χ0n) is 10.6. The highest BCUT2D eigenvalue weighted by Crippen LogP contribution is 2.12. The maximum absolute atomic E-state index is 5.60. The highest BCUT2D eigenvalue weighted by molar-refractivity contribution is 4.76. The Balaban J connectivity index is 2.38. The van der Waals surface area contributed by atoms with E-state index in [-0.39, 0.29) is 0 Å². The van der Waals surface area contributed by atoms with Crippen molar-refractivity contribution < 1.29 is 0 Å². The van der Waals surface area contributed by atoms with Crippen molar-refractivity contribution >= 4 is 0 Å². The minimum absolute atomic E-state index is 0.692. The molecule has 0 aromatic rings. The van der Waals surface area contributed by atoms with Crippen LogP contribution >= 0.6 is 0 Å².